The molecule has 4 aliphatic carbocycles. The first-order valence-electron chi connectivity index (χ1n) is 9.84. The van der Waals surface area contributed by atoms with Gasteiger partial charge in [0.15, 0.2) is 0 Å². The van der Waals surface area contributed by atoms with Crippen molar-refractivity contribution in [3.8, 4) is 0 Å². The molecule has 4 fully saturated rings. The molecule has 7 nitrogen and oxygen atoms in total. The molecular weight excluding hydrogens is 415 g/mol. The van der Waals surface area contributed by atoms with Gasteiger partial charge in [-0.2, -0.15) is 5.10 Å². The van der Waals surface area contributed by atoms with Crippen LogP contribution in [0.15, 0.2) is 24.4 Å². The summed E-state index contributed by atoms with van der Waals surface area (Å²) < 4.78 is 1.72. The van der Waals surface area contributed by atoms with Gasteiger partial charge in [-0.25, -0.2) is 0 Å². The standard InChI is InChI=1S/C20H20Cl2N4O3/c21-14-2-1-3-15(22)17(14)23-19(27)18-16(26(28)29)10-25(24-18)20-7-11-4-12(8-20)6-13(5-11)9-20/h1-3,10-13H,4-9H2,(H,23,27). The van der Waals surface area contributed by atoms with Gasteiger partial charge >= 0.3 is 5.69 Å². The second-order valence-electron chi connectivity index (χ2n) is 8.76. The van der Waals surface area contributed by atoms with Crippen molar-refractivity contribution >= 4 is 40.5 Å². The molecule has 9 heteroatoms. The van der Waals surface area contributed by atoms with E-state index >= 15 is 0 Å². The van der Waals surface area contributed by atoms with Crippen molar-refractivity contribution in [2.45, 2.75) is 44.1 Å². The predicted molar refractivity (Wildman–Crippen MR) is 109 cm³/mol. The molecule has 29 heavy (non-hydrogen) atoms. The molecule has 0 unspecified atom stereocenters. The Bertz CT molecular complexity index is 964. The molecule has 1 N–H and O–H groups in total. The number of hydrogen-bond acceptors (Lipinski definition) is 4. The van der Waals surface area contributed by atoms with Gasteiger partial charge in [-0.3, -0.25) is 19.6 Å². The number of benzene rings is 1. The molecule has 6 rings (SSSR count). The lowest BCUT2D eigenvalue weighted by Crippen LogP contribution is -2.52. The van der Waals surface area contributed by atoms with Crippen molar-refractivity contribution in [1.82, 2.24) is 9.78 Å². The number of amides is 1. The minimum absolute atomic E-state index is 0.207. The van der Waals surface area contributed by atoms with E-state index in [1.807, 2.05) is 0 Å². The maximum atomic E-state index is 12.9. The van der Waals surface area contributed by atoms with Gasteiger partial charge in [-0.15, -0.1) is 0 Å². The number of nitrogens with zero attached hydrogens (tertiary/aromatic N) is 3. The van der Waals surface area contributed by atoms with Crippen molar-refractivity contribution in [3.63, 3.8) is 0 Å². The van der Waals surface area contributed by atoms with E-state index in [1.54, 1.807) is 22.9 Å². The molecule has 1 aromatic heterocycles. The number of aromatic nitrogens is 2. The van der Waals surface area contributed by atoms with Gasteiger partial charge < -0.3 is 5.32 Å². The summed E-state index contributed by atoms with van der Waals surface area (Å²) in [5.41, 5.74) is -0.484. The minimum Gasteiger partial charge on any atom is -0.318 e. The molecule has 4 bridgehead atoms. The lowest BCUT2D eigenvalue weighted by Gasteiger charge is -2.56. The Hall–Kier alpha value is -2.12. The Labute approximate surface area is 177 Å². The third-order valence-electron chi connectivity index (χ3n) is 6.80. The number of hydrogen-bond donors (Lipinski definition) is 1. The summed E-state index contributed by atoms with van der Waals surface area (Å²) in [6, 6.07) is 4.83. The van der Waals surface area contributed by atoms with Crippen molar-refractivity contribution < 1.29 is 9.72 Å². The summed E-state index contributed by atoms with van der Waals surface area (Å²) in [4.78, 5) is 24.0. The van der Waals surface area contributed by atoms with Gasteiger partial charge in [0.1, 0.15) is 6.20 Å². The second kappa shape index (κ2) is 6.71. The number of nitrogens with one attached hydrogen (secondary N) is 1. The molecule has 4 aliphatic rings. The first-order valence-corrected chi connectivity index (χ1v) is 10.6. The number of halogens is 2. The van der Waals surface area contributed by atoms with Gasteiger partial charge in [0.05, 0.1) is 26.2 Å². The number of para-hydroxylation sites is 1. The molecule has 152 valence electrons. The fraction of sp³-hybridized carbons (Fsp3) is 0.500. The summed E-state index contributed by atoms with van der Waals surface area (Å²) >= 11 is 12.2. The maximum absolute atomic E-state index is 12.9. The SMILES string of the molecule is O=C(Nc1c(Cl)cccc1Cl)c1nn(C23CC4CC(CC(C4)C2)C3)cc1[N+](=O)[O-]. The van der Waals surface area contributed by atoms with Crippen LogP contribution in [0.5, 0.6) is 0 Å². The van der Waals surface area contributed by atoms with E-state index in [-0.39, 0.29) is 32.7 Å². The van der Waals surface area contributed by atoms with Crippen molar-refractivity contribution in [1.29, 1.82) is 0 Å². The molecule has 0 radical (unpaired) electrons. The van der Waals surface area contributed by atoms with E-state index in [4.69, 9.17) is 23.2 Å². The van der Waals surface area contributed by atoms with Crippen LogP contribution in [0.4, 0.5) is 11.4 Å². The van der Waals surface area contributed by atoms with Crippen LogP contribution in [-0.4, -0.2) is 20.6 Å². The third-order valence-corrected chi connectivity index (χ3v) is 7.43. The number of nitro groups is 1. The van der Waals surface area contributed by atoms with Gasteiger partial charge in [0.2, 0.25) is 5.69 Å². The van der Waals surface area contributed by atoms with Gasteiger partial charge in [-0.1, -0.05) is 29.3 Å². The quantitative estimate of drug-likeness (QED) is 0.523. The summed E-state index contributed by atoms with van der Waals surface area (Å²) in [7, 11) is 0. The molecule has 0 saturated heterocycles. The third kappa shape index (κ3) is 3.11. The topological polar surface area (TPSA) is 90.1 Å². The predicted octanol–water partition coefficient (Wildman–Crippen LogP) is 5.28. The van der Waals surface area contributed by atoms with Crippen LogP contribution in [0, 0.1) is 27.9 Å². The van der Waals surface area contributed by atoms with E-state index in [1.165, 1.54) is 25.5 Å². The molecule has 0 atom stereocenters. The van der Waals surface area contributed by atoms with Crippen LogP contribution in [-0.2, 0) is 5.54 Å². The zero-order chi connectivity index (χ0) is 20.3. The van der Waals surface area contributed by atoms with Crippen molar-refractivity contribution in [2.24, 2.45) is 17.8 Å². The first kappa shape index (κ1) is 18.9. The highest BCUT2D eigenvalue weighted by Crippen LogP contribution is 2.58. The summed E-state index contributed by atoms with van der Waals surface area (Å²) in [6.07, 6.45) is 8.14. The molecule has 0 spiro atoms. The average Bonchev–Trinajstić information content (AvgIpc) is 3.10. The fourth-order valence-corrected chi connectivity index (χ4v) is 6.53. The van der Waals surface area contributed by atoms with Crippen LogP contribution in [0.25, 0.3) is 0 Å². The van der Waals surface area contributed by atoms with Crippen molar-refractivity contribution in [2.75, 3.05) is 5.32 Å². The molecule has 1 amide bonds. The number of anilines is 1. The Morgan fingerprint density at radius 2 is 1.69 bits per heavy atom. The Kier molecular flexibility index (Phi) is 4.37. The van der Waals surface area contributed by atoms with E-state index in [2.05, 4.69) is 10.4 Å². The molecular formula is C20H20Cl2N4O3. The maximum Gasteiger partial charge on any atom is 0.320 e. The Morgan fingerprint density at radius 1 is 1.14 bits per heavy atom. The lowest BCUT2D eigenvalue weighted by molar-refractivity contribution is -0.385. The van der Waals surface area contributed by atoms with Crippen LogP contribution >= 0.6 is 23.2 Å². The highest BCUT2D eigenvalue weighted by Gasteiger charge is 2.53. The monoisotopic (exact) mass is 434 g/mol. The lowest BCUT2D eigenvalue weighted by atomic mass is 9.53. The summed E-state index contributed by atoms with van der Waals surface area (Å²) in [6.45, 7) is 0. The van der Waals surface area contributed by atoms with E-state index in [9.17, 15) is 14.9 Å². The van der Waals surface area contributed by atoms with Gasteiger partial charge in [0, 0.05) is 0 Å². The van der Waals surface area contributed by atoms with Crippen LogP contribution < -0.4 is 5.32 Å². The fourth-order valence-electron chi connectivity index (χ4n) is 6.04. The molecule has 1 aromatic carbocycles. The molecule has 1 heterocycles. The number of carbonyl (C=O) groups excluding carboxylic acids is 1. The molecule has 4 saturated carbocycles. The summed E-state index contributed by atoms with van der Waals surface area (Å²) in [5, 5.41) is 19.2. The first-order chi connectivity index (χ1) is 13.8. The minimum atomic E-state index is -0.685. The molecule has 0 aliphatic heterocycles. The molecule has 2 aromatic rings. The van der Waals surface area contributed by atoms with Crippen LogP contribution in [0.1, 0.15) is 49.0 Å². The summed E-state index contributed by atoms with van der Waals surface area (Å²) in [5.74, 6) is 1.28. The normalized spacial score (nSPS) is 29.8. The van der Waals surface area contributed by atoms with Crippen molar-refractivity contribution in [3.05, 3.63) is 50.2 Å². The Balaban J connectivity index is 1.50. The second-order valence-corrected chi connectivity index (χ2v) is 9.57. The van der Waals surface area contributed by atoms with Gasteiger partial charge in [-0.05, 0) is 68.4 Å². The average molecular weight is 435 g/mol. The zero-order valence-electron chi connectivity index (χ0n) is 15.6. The highest BCUT2D eigenvalue weighted by molar-refractivity contribution is 6.40. The van der Waals surface area contributed by atoms with E-state index < -0.39 is 10.8 Å². The largest absolute Gasteiger partial charge is 0.320 e. The van der Waals surface area contributed by atoms with E-state index in [0.717, 1.165) is 19.3 Å². The smallest absolute Gasteiger partial charge is 0.318 e. The van der Waals surface area contributed by atoms with Crippen LogP contribution in [0.3, 0.4) is 0 Å². The van der Waals surface area contributed by atoms with E-state index in [0.29, 0.717) is 17.8 Å². The Morgan fingerprint density at radius 3 is 2.21 bits per heavy atom. The van der Waals surface area contributed by atoms with Gasteiger partial charge in [0.25, 0.3) is 5.91 Å². The number of carbonyl (C=O) groups is 1. The number of rotatable bonds is 4. The van der Waals surface area contributed by atoms with Crippen LogP contribution in [0.2, 0.25) is 10.0 Å². The highest BCUT2D eigenvalue weighted by atomic mass is 35.5. The zero-order valence-corrected chi connectivity index (χ0v) is 17.1.